The van der Waals surface area contributed by atoms with Gasteiger partial charge >= 0.3 is 5.97 Å². The quantitative estimate of drug-likeness (QED) is 0.638. The molecule has 1 saturated heterocycles. The first-order chi connectivity index (χ1) is 12.4. The highest BCUT2D eigenvalue weighted by Gasteiger charge is 2.39. The minimum atomic E-state index is -3.85. The SMILES string of the molecule is CCOC(=O)C1CCCCN1S(=O)(=O)c1csc(-c2ccc(Br)cc2)n1. The van der Waals surface area contributed by atoms with Crippen LogP contribution in [0.4, 0.5) is 0 Å². The molecular formula is C17H19BrN2O4S2. The molecule has 0 aliphatic carbocycles. The average molecular weight is 459 g/mol. The Morgan fingerprint density at radius 3 is 2.77 bits per heavy atom. The zero-order chi connectivity index (χ0) is 18.7. The Balaban J connectivity index is 1.89. The number of hydrogen-bond acceptors (Lipinski definition) is 6. The summed E-state index contributed by atoms with van der Waals surface area (Å²) in [4.78, 5) is 16.5. The van der Waals surface area contributed by atoms with E-state index in [0.29, 0.717) is 18.0 Å². The van der Waals surface area contributed by atoms with Crippen LogP contribution >= 0.6 is 27.3 Å². The van der Waals surface area contributed by atoms with Gasteiger partial charge < -0.3 is 4.74 Å². The molecule has 3 rings (SSSR count). The number of piperidine rings is 1. The standard InChI is InChI=1S/C17H19BrN2O4S2/c1-2-24-17(21)14-5-3-4-10-20(14)26(22,23)15-11-25-16(19-15)12-6-8-13(18)9-7-12/h6-9,11,14H,2-5,10H2,1H3. The highest BCUT2D eigenvalue weighted by molar-refractivity contribution is 9.10. The van der Waals surface area contributed by atoms with Crippen LogP contribution in [0.1, 0.15) is 26.2 Å². The lowest BCUT2D eigenvalue weighted by molar-refractivity contribution is -0.148. The van der Waals surface area contributed by atoms with Crippen molar-refractivity contribution in [3.05, 3.63) is 34.1 Å². The summed E-state index contributed by atoms with van der Waals surface area (Å²) in [7, 11) is -3.85. The van der Waals surface area contributed by atoms with Gasteiger partial charge in [-0.3, -0.25) is 4.79 Å². The maximum Gasteiger partial charge on any atom is 0.324 e. The van der Waals surface area contributed by atoms with Gasteiger partial charge in [-0.25, -0.2) is 13.4 Å². The number of ether oxygens (including phenoxy) is 1. The molecule has 1 atom stereocenters. The molecule has 0 N–H and O–H groups in total. The smallest absolute Gasteiger partial charge is 0.324 e. The van der Waals surface area contributed by atoms with E-state index in [-0.39, 0.29) is 11.6 Å². The number of hydrogen-bond donors (Lipinski definition) is 0. The van der Waals surface area contributed by atoms with E-state index in [1.165, 1.54) is 21.0 Å². The molecule has 0 spiro atoms. The lowest BCUT2D eigenvalue weighted by atomic mass is 10.1. The third-order valence-electron chi connectivity index (χ3n) is 4.16. The van der Waals surface area contributed by atoms with Crippen molar-refractivity contribution >= 4 is 43.3 Å². The third-order valence-corrected chi connectivity index (χ3v) is 7.52. The van der Waals surface area contributed by atoms with Gasteiger partial charge in [0.1, 0.15) is 11.0 Å². The van der Waals surface area contributed by atoms with E-state index >= 15 is 0 Å². The highest BCUT2D eigenvalue weighted by Crippen LogP contribution is 2.31. The van der Waals surface area contributed by atoms with Crippen molar-refractivity contribution in [1.29, 1.82) is 0 Å². The topological polar surface area (TPSA) is 76.6 Å². The van der Waals surface area contributed by atoms with Crippen LogP contribution in [0.3, 0.4) is 0 Å². The second kappa shape index (κ2) is 8.16. The van der Waals surface area contributed by atoms with E-state index in [0.717, 1.165) is 22.9 Å². The molecule has 0 saturated carbocycles. The van der Waals surface area contributed by atoms with Crippen molar-refractivity contribution in [2.24, 2.45) is 0 Å². The summed E-state index contributed by atoms with van der Waals surface area (Å²) in [6, 6.07) is 6.74. The Bertz CT molecular complexity index is 880. The lowest BCUT2D eigenvalue weighted by Crippen LogP contribution is -2.48. The van der Waals surface area contributed by atoms with Crippen LogP contribution in [-0.2, 0) is 19.6 Å². The van der Waals surface area contributed by atoms with Crippen molar-refractivity contribution in [3.8, 4) is 10.6 Å². The van der Waals surface area contributed by atoms with Gasteiger partial charge in [-0.2, -0.15) is 4.31 Å². The van der Waals surface area contributed by atoms with E-state index < -0.39 is 22.0 Å². The Kier molecular flexibility index (Phi) is 6.11. The van der Waals surface area contributed by atoms with Crippen molar-refractivity contribution < 1.29 is 17.9 Å². The Hall–Kier alpha value is -1.29. The molecule has 9 heteroatoms. The van der Waals surface area contributed by atoms with Gasteiger partial charge in [0.25, 0.3) is 10.0 Å². The number of thiazole rings is 1. The van der Waals surface area contributed by atoms with E-state index in [4.69, 9.17) is 4.74 Å². The second-order valence-corrected chi connectivity index (χ2v) is 9.49. The first kappa shape index (κ1) is 19.5. The molecule has 6 nitrogen and oxygen atoms in total. The summed E-state index contributed by atoms with van der Waals surface area (Å²) in [5, 5.41) is 2.14. The summed E-state index contributed by atoms with van der Waals surface area (Å²) >= 11 is 4.65. The number of sulfonamides is 1. The molecule has 140 valence electrons. The molecule has 26 heavy (non-hydrogen) atoms. The molecule has 1 unspecified atom stereocenters. The number of nitrogens with zero attached hydrogens (tertiary/aromatic N) is 2. The van der Waals surface area contributed by atoms with Crippen molar-refractivity contribution in [1.82, 2.24) is 9.29 Å². The van der Waals surface area contributed by atoms with E-state index in [1.807, 2.05) is 24.3 Å². The molecule has 2 aromatic rings. The summed E-state index contributed by atoms with van der Waals surface area (Å²) < 4.78 is 33.4. The number of esters is 1. The molecule has 2 heterocycles. The number of carbonyl (C=O) groups is 1. The first-order valence-electron chi connectivity index (χ1n) is 8.33. The number of carbonyl (C=O) groups excluding carboxylic acids is 1. The van der Waals surface area contributed by atoms with Gasteiger partial charge in [-0.15, -0.1) is 11.3 Å². The van der Waals surface area contributed by atoms with Crippen molar-refractivity contribution in [3.63, 3.8) is 0 Å². The number of benzene rings is 1. The number of aromatic nitrogens is 1. The molecule has 0 bridgehead atoms. The normalized spacial score (nSPS) is 18.6. The van der Waals surface area contributed by atoms with Crippen LogP contribution in [-0.4, -0.2) is 42.9 Å². The Morgan fingerprint density at radius 1 is 1.35 bits per heavy atom. The number of halogens is 1. The van der Waals surface area contributed by atoms with E-state index in [1.54, 1.807) is 6.92 Å². The zero-order valence-electron chi connectivity index (χ0n) is 14.2. The Morgan fingerprint density at radius 2 is 2.08 bits per heavy atom. The van der Waals surface area contributed by atoms with Crippen molar-refractivity contribution in [2.75, 3.05) is 13.2 Å². The molecular weight excluding hydrogens is 440 g/mol. The summed E-state index contributed by atoms with van der Waals surface area (Å²) in [6.07, 6.45) is 2.00. The summed E-state index contributed by atoms with van der Waals surface area (Å²) in [6.45, 7) is 2.25. The third kappa shape index (κ3) is 4.00. The molecule has 1 aromatic heterocycles. The minimum absolute atomic E-state index is 0.0170. The van der Waals surface area contributed by atoms with Gasteiger partial charge in [0.2, 0.25) is 0 Å². The molecule has 0 amide bonds. The number of rotatable bonds is 5. The van der Waals surface area contributed by atoms with Gasteiger partial charge in [-0.1, -0.05) is 28.1 Å². The zero-order valence-corrected chi connectivity index (χ0v) is 17.4. The predicted octanol–water partition coefficient (Wildman–Crippen LogP) is 3.68. The highest BCUT2D eigenvalue weighted by atomic mass is 79.9. The van der Waals surface area contributed by atoms with Gasteiger partial charge in [0, 0.05) is 22.0 Å². The molecule has 1 aromatic carbocycles. The predicted molar refractivity (Wildman–Crippen MR) is 103 cm³/mol. The fourth-order valence-electron chi connectivity index (χ4n) is 2.89. The average Bonchev–Trinajstić information content (AvgIpc) is 3.13. The van der Waals surface area contributed by atoms with Gasteiger partial charge in [-0.05, 0) is 38.3 Å². The van der Waals surface area contributed by atoms with Gasteiger partial charge in [0.15, 0.2) is 5.03 Å². The molecule has 1 aliphatic rings. The van der Waals surface area contributed by atoms with E-state index in [9.17, 15) is 13.2 Å². The van der Waals surface area contributed by atoms with Crippen molar-refractivity contribution in [2.45, 2.75) is 37.3 Å². The van der Waals surface area contributed by atoms with Crippen LogP contribution in [0.15, 0.2) is 39.1 Å². The minimum Gasteiger partial charge on any atom is -0.465 e. The first-order valence-corrected chi connectivity index (χ1v) is 11.4. The lowest BCUT2D eigenvalue weighted by Gasteiger charge is -2.32. The largest absolute Gasteiger partial charge is 0.465 e. The molecule has 1 fully saturated rings. The fourth-order valence-corrected chi connectivity index (χ4v) is 5.87. The van der Waals surface area contributed by atoms with Crippen LogP contribution < -0.4 is 0 Å². The van der Waals surface area contributed by atoms with Crippen LogP contribution in [0.5, 0.6) is 0 Å². The second-order valence-electron chi connectivity index (χ2n) is 5.88. The maximum atomic E-state index is 13.1. The monoisotopic (exact) mass is 458 g/mol. The summed E-state index contributed by atoms with van der Waals surface area (Å²) in [5.74, 6) is -0.487. The molecule has 1 aliphatic heterocycles. The van der Waals surface area contributed by atoms with Crippen LogP contribution in [0.2, 0.25) is 0 Å². The fraction of sp³-hybridized carbons (Fsp3) is 0.412. The van der Waals surface area contributed by atoms with Crippen LogP contribution in [0, 0.1) is 0 Å². The summed E-state index contributed by atoms with van der Waals surface area (Å²) in [5.41, 5.74) is 0.847. The van der Waals surface area contributed by atoms with E-state index in [2.05, 4.69) is 20.9 Å². The maximum absolute atomic E-state index is 13.1. The van der Waals surface area contributed by atoms with Gasteiger partial charge in [0.05, 0.1) is 6.61 Å². The van der Waals surface area contributed by atoms with Crippen LogP contribution in [0.25, 0.3) is 10.6 Å². The molecule has 0 radical (unpaired) electrons. The Labute approximate surface area is 165 Å².